The minimum absolute atomic E-state index is 0.0676. The Morgan fingerprint density at radius 3 is 2.47 bits per heavy atom. The van der Waals surface area contributed by atoms with Crippen LogP contribution in [0.4, 0.5) is 5.69 Å². The third-order valence-electron chi connectivity index (χ3n) is 5.69. The first-order valence-corrected chi connectivity index (χ1v) is 10.7. The fraction of sp³-hybridized carbons (Fsp3) is 0.417. The van der Waals surface area contributed by atoms with Gasteiger partial charge in [0.25, 0.3) is 11.8 Å². The number of anilines is 1. The minimum Gasteiger partial charge on any atom is -0.328 e. The number of piperazine rings is 1. The molecule has 30 heavy (non-hydrogen) atoms. The quantitative estimate of drug-likeness (QED) is 0.586. The van der Waals surface area contributed by atoms with Gasteiger partial charge in [0.05, 0.1) is 33.2 Å². The average Bonchev–Trinajstić information content (AvgIpc) is 2.70. The lowest BCUT2D eigenvalue weighted by Crippen LogP contribution is -3.14. The highest BCUT2D eigenvalue weighted by atomic mass is 16.2. The van der Waals surface area contributed by atoms with E-state index in [0.29, 0.717) is 6.54 Å². The summed E-state index contributed by atoms with van der Waals surface area (Å²) < 4.78 is 0. The molecular formula is C24H34N4O2+2. The molecule has 160 valence electrons. The topological polar surface area (TPSA) is 58.3 Å². The van der Waals surface area contributed by atoms with E-state index in [4.69, 9.17) is 0 Å². The molecule has 2 aromatic carbocycles. The molecule has 1 aliphatic rings. The van der Waals surface area contributed by atoms with Crippen molar-refractivity contribution in [3.05, 3.63) is 65.2 Å². The summed E-state index contributed by atoms with van der Waals surface area (Å²) >= 11 is 0. The second-order valence-corrected chi connectivity index (χ2v) is 8.47. The number of hydrogen-bond donors (Lipinski definition) is 3. The number of benzene rings is 2. The highest BCUT2D eigenvalue weighted by molar-refractivity contribution is 5.92. The summed E-state index contributed by atoms with van der Waals surface area (Å²) in [6, 6.07) is 16.4. The summed E-state index contributed by atoms with van der Waals surface area (Å²) in [4.78, 5) is 29.4. The van der Waals surface area contributed by atoms with E-state index in [9.17, 15) is 9.59 Å². The molecule has 0 radical (unpaired) electrons. The highest BCUT2D eigenvalue weighted by Crippen LogP contribution is 2.12. The average molecular weight is 411 g/mol. The maximum Gasteiger partial charge on any atom is 0.279 e. The van der Waals surface area contributed by atoms with Crippen LogP contribution in [0.15, 0.2) is 48.5 Å². The molecule has 0 bridgehead atoms. The fourth-order valence-corrected chi connectivity index (χ4v) is 3.97. The molecule has 1 fully saturated rings. The molecule has 6 heteroatoms. The predicted octanol–water partition coefficient (Wildman–Crippen LogP) is -0.316. The van der Waals surface area contributed by atoms with E-state index in [0.717, 1.165) is 48.9 Å². The second kappa shape index (κ2) is 10.4. The lowest BCUT2D eigenvalue weighted by atomic mass is 10.1. The lowest BCUT2D eigenvalue weighted by molar-refractivity contribution is -0.917. The van der Waals surface area contributed by atoms with Gasteiger partial charge in [0.1, 0.15) is 6.54 Å². The van der Waals surface area contributed by atoms with Crippen molar-refractivity contribution >= 4 is 17.5 Å². The zero-order valence-electron chi connectivity index (χ0n) is 18.3. The minimum atomic E-state index is -0.0676. The zero-order chi connectivity index (χ0) is 21.5. The Balaban J connectivity index is 1.40. The molecule has 3 N–H and O–H groups in total. The van der Waals surface area contributed by atoms with Gasteiger partial charge in [-0.1, -0.05) is 48.0 Å². The van der Waals surface area contributed by atoms with Gasteiger partial charge in [0.2, 0.25) is 0 Å². The van der Waals surface area contributed by atoms with Crippen molar-refractivity contribution < 1.29 is 19.4 Å². The summed E-state index contributed by atoms with van der Waals surface area (Å²) in [5, 5.41) is 2.94. The largest absolute Gasteiger partial charge is 0.328 e. The van der Waals surface area contributed by atoms with Crippen LogP contribution in [-0.2, 0) is 16.1 Å². The van der Waals surface area contributed by atoms with Gasteiger partial charge < -0.3 is 20.0 Å². The molecule has 1 atom stereocenters. The van der Waals surface area contributed by atoms with Crippen LogP contribution in [0.2, 0.25) is 0 Å². The summed E-state index contributed by atoms with van der Waals surface area (Å²) in [6.07, 6.45) is 0. The molecule has 0 spiro atoms. The van der Waals surface area contributed by atoms with E-state index in [1.165, 1.54) is 16.0 Å². The van der Waals surface area contributed by atoms with E-state index in [-0.39, 0.29) is 18.4 Å². The maximum absolute atomic E-state index is 12.7. The summed E-state index contributed by atoms with van der Waals surface area (Å²) in [6.45, 7) is 9.21. The first-order chi connectivity index (χ1) is 14.4. The molecule has 0 aromatic heterocycles. The SMILES string of the molecule is Cc1cccc(C[NH+]2CCN(C(=O)C[NH+](C)CC(=O)Nc3ccccc3C)CC2)c1. The third kappa shape index (κ3) is 6.40. The van der Waals surface area contributed by atoms with Crippen LogP contribution in [-0.4, -0.2) is 63.0 Å². The predicted molar refractivity (Wildman–Crippen MR) is 119 cm³/mol. The van der Waals surface area contributed by atoms with Gasteiger partial charge in [-0.15, -0.1) is 0 Å². The molecule has 0 saturated carbocycles. The number of likely N-dealkylation sites (N-methyl/N-ethyl adjacent to an activating group) is 1. The molecule has 1 unspecified atom stereocenters. The van der Waals surface area contributed by atoms with Gasteiger partial charge in [-0.25, -0.2) is 0 Å². The van der Waals surface area contributed by atoms with Crippen LogP contribution in [0.5, 0.6) is 0 Å². The van der Waals surface area contributed by atoms with E-state index in [1.54, 1.807) is 0 Å². The van der Waals surface area contributed by atoms with Crippen molar-refractivity contribution in [1.82, 2.24) is 4.90 Å². The molecule has 6 nitrogen and oxygen atoms in total. The number of para-hydroxylation sites is 1. The lowest BCUT2D eigenvalue weighted by Gasteiger charge is -2.32. The number of aryl methyl sites for hydroxylation is 2. The third-order valence-corrected chi connectivity index (χ3v) is 5.69. The van der Waals surface area contributed by atoms with Gasteiger partial charge >= 0.3 is 0 Å². The Hall–Kier alpha value is -2.70. The number of quaternary nitrogens is 2. The normalized spacial score (nSPS) is 15.6. The van der Waals surface area contributed by atoms with Crippen molar-refractivity contribution in [2.45, 2.75) is 20.4 Å². The standard InChI is InChI=1S/C24H32N4O2/c1-19-7-6-9-21(15-19)16-27-11-13-28(14-12-27)24(30)18-26(3)17-23(29)25-22-10-5-4-8-20(22)2/h4-10,15H,11-14,16-18H2,1-3H3,(H,25,29)/p+2. The summed E-state index contributed by atoms with van der Waals surface area (Å²) in [7, 11) is 1.90. The molecule has 2 amide bonds. The van der Waals surface area contributed by atoms with Crippen molar-refractivity contribution in [1.29, 1.82) is 0 Å². The number of nitrogens with zero attached hydrogens (tertiary/aromatic N) is 1. The molecule has 1 saturated heterocycles. The summed E-state index contributed by atoms with van der Waals surface area (Å²) in [5.41, 5.74) is 4.51. The van der Waals surface area contributed by atoms with Crippen LogP contribution in [0.25, 0.3) is 0 Å². The van der Waals surface area contributed by atoms with Crippen molar-refractivity contribution in [2.75, 3.05) is 51.6 Å². The molecule has 1 heterocycles. The number of carbonyl (C=O) groups excluding carboxylic acids is 2. The van der Waals surface area contributed by atoms with Crippen LogP contribution in [0.1, 0.15) is 16.7 Å². The Bertz CT molecular complexity index is 875. The van der Waals surface area contributed by atoms with Crippen LogP contribution in [0.3, 0.4) is 0 Å². The van der Waals surface area contributed by atoms with Gasteiger partial charge in [0, 0.05) is 11.3 Å². The van der Waals surface area contributed by atoms with E-state index >= 15 is 0 Å². The number of nitrogens with one attached hydrogen (secondary N) is 3. The Kier molecular flexibility index (Phi) is 7.60. The highest BCUT2D eigenvalue weighted by Gasteiger charge is 2.26. The van der Waals surface area contributed by atoms with E-state index < -0.39 is 0 Å². The van der Waals surface area contributed by atoms with Crippen molar-refractivity contribution in [3.63, 3.8) is 0 Å². The summed E-state index contributed by atoms with van der Waals surface area (Å²) in [5.74, 6) is 0.0628. The van der Waals surface area contributed by atoms with Crippen LogP contribution < -0.4 is 15.1 Å². The first-order valence-electron chi connectivity index (χ1n) is 10.7. The molecule has 1 aliphatic heterocycles. The Morgan fingerprint density at radius 2 is 1.77 bits per heavy atom. The van der Waals surface area contributed by atoms with Crippen LogP contribution >= 0.6 is 0 Å². The zero-order valence-corrected chi connectivity index (χ0v) is 18.3. The first kappa shape index (κ1) is 22.0. The number of amides is 2. The Labute approximate surface area is 179 Å². The molecule has 2 aromatic rings. The van der Waals surface area contributed by atoms with Gasteiger partial charge in [-0.05, 0) is 25.5 Å². The van der Waals surface area contributed by atoms with E-state index in [1.807, 2.05) is 43.1 Å². The molecule has 0 aliphatic carbocycles. The fourth-order valence-electron chi connectivity index (χ4n) is 3.97. The van der Waals surface area contributed by atoms with Crippen molar-refractivity contribution in [2.24, 2.45) is 0 Å². The van der Waals surface area contributed by atoms with E-state index in [2.05, 4.69) is 36.5 Å². The number of rotatable bonds is 7. The number of carbonyl (C=O) groups is 2. The number of hydrogen-bond acceptors (Lipinski definition) is 2. The molecule has 3 rings (SSSR count). The Morgan fingerprint density at radius 1 is 1.03 bits per heavy atom. The van der Waals surface area contributed by atoms with Crippen molar-refractivity contribution in [3.8, 4) is 0 Å². The molecular weight excluding hydrogens is 376 g/mol. The van der Waals surface area contributed by atoms with Crippen LogP contribution in [0, 0.1) is 13.8 Å². The monoisotopic (exact) mass is 410 g/mol. The maximum atomic E-state index is 12.7. The smallest absolute Gasteiger partial charge is 0.279 e. The van der Waals surface area contributed by atoms with Gasteiger partial charge in [-0.2, -0.15) is 0 Å². The van der Waals surface area contributed by atoms with Gasteiger partial charge in [0.15, 0.2) is 13.1 Å². The second-order valence-electron chi connectivity index (χ2n) is 8.47. The van der Waals surface area contributed by atoms with Gasteiger partial charge in [-0.3, -0.25) is 9.59 Å².